The molecule has 0 atom stereocenters. The van der Waals surface area contributed by atoms with Crippen molar-refractivity contribution in [3.63, 3.8) is 0 Å². The monoisotopic (exact) mass is 1960 g/mol. The summed E-state index contributed by atoms with van der Waals surface area (Å²) < 4.78 is 26.7. The number of amides is 5. The molecule has 0 fully saturated rings. The molecule has 5 aromatic rings. The van der Waals surface area contributed by atoms with E-state index in [4.69, 9.17) is 19.9 Å². The van der Waals surface area contributed by atoms with Crippen LogP contribution >= 0.6 is 113 Å². The van der Waals surface area contributed by atoms with Gasteiger partial charge in [0.25, 0.3) is 11.8 Å². The molecule has 5 aliphatic rings. The average Bonchev–Trinajstić information content (AvgIpc) is 1.66. The number of aliphatic imine (C=N–C) groups is 1. The molecule has 0 aliphatic carbocycles. The maximum Gasteiger partial charge on any atom is 0.343 e. The maximum absolute atomic E-state index is 12.4. The zero-order chi connectivity index (χ0) is 75.1. The van der Waals surface area contributed by atoms with E-state index < -0.39 is 17.8 Å². The first-order valence-corrected chi connectivity index (χ1v) is 37.7. The van der Waals surface area contributed by atoms with Gasteiger partial charge in [0.2, 0.25) is 23.8 Å². The lowest BCUT2D eigenvalue weighted by Crippen LogP contribution is -2.40. The molecule has 0 saturated heterocycles. The Balaban J connectivity index is 0.000000221. The molecule has 0 bridgehead atoms. The standard InChI is InChI=1S/C15H22IN3O3.C13H19IN4O2.C13H18IN3O3.C9H10IN3O3.C9H12IN3O2.C5H9NO/c1-5-22-14(21)12-10-9-18(11(20)8-15(2,3)4)6-7-19(10)17-13(12)16;1-13(2,3)6-9(19)17-4-5-18-8(7-17)10(12(15)20)11(14)16-18;1-13(2,3)6-9(18)16-4-5-17-8(7-16)10(12(19)20)11(14)15-17;1-2-16-9(15)5-6-8(14)11-3-4-13(6)12-7(5)10;1-2-15-9(14)7-6-5-11-3-4-13(6)12-8(7)10;1-5(2,3)6-4-7/h5-9H2,1-4H3;4-7H2,1-3H3,(H2,15,20);4-7H2,1-3H3,(H,19,20);2-4H2,1H3,(H,11,14);11H,2-5H2,1H3;1-3H3. The van der Waals surface area contributed by atoms with Crippen molar-refractivity contribution in [2.45, 2.75) is 188 Å². The summed E-state index contributed by atoms with van der Waals surface area (Å²) in [6.07, 6.45) is 2.92. The molecule has 31 nitrogen and oxygen atoms in total. The third kappa shape index (κ3) is 24.2. The highest BCUT2D eigenvalue weighted by Gasteiger charge is 2.35. The molecular weight excluding hydrogens is 1870 g/mol. The summed E-state index contributed by atoms with van der Waals surface area (Å²) in [5, 5.41) is 36.5. The molecule has 10 heterocycles. The highest BCUT2D eigenvalue weighted by atomic mass is 127. The van der Waals surface area contributed by atoms with Gasteiger partial charge in [-0.3, -0.25) is 47.4 Å². The summed E-state index contributed by atoms with van der Waals surface area (Å²) in [4.78, 5) is 125. The Labute approximate surface area is 649 Å². The Kier molecular flexibility index (Phi) is 31.5. The number of hydrogen-bond acceptors (Lipinski definition) is 20. The van der Waals surface area contributed by atoms with Gasteiger partial charge >= 0.3 is 23.9 Å². The first kappa shape index (κ1) is 84.9. The van der Waals surface area contributed by atoms with Crippen LogP contribution in [-0.2, 0) is 92.3 Å². The second-order valence-corrected chi connectivity index (χ2v) is 33.0. The number of ether oxygens (including phenoxy) is 3. The van der Waals surface area contributed by atoms with Crippen LogP contribution in [0.2, 0.25) is 0 Å². The normalized spacial score (nSPS) is 14.5. The van der Waals surface area contributed by atoms with Gasteiger partial charge in [0.05, 0.1) is 106 Å². The zero-order valence-corrected chi connectivity index (χ0v) is 69.9. The van der Waals surface area contributed by atoms with Gasteiger partial charge in [-0.1, -0.05) is 62.3 Å². The number of nitrogens with two attached hydrogens (primary N) is 1. The first-order valence-electron chi connectivity index (χ1n) is 32.3. The molecule has 5 aromatic heterocycles. The topological polar surface area (TPSA) is 380 Å². The number of aromatic carboxylic acids is 1. The molecule has 5 aliphatic heterocycles. The van der Waals surface area contributed by atoms with E-state index in [1.54, 1.807) is 49.5 Å². The minimum absolute atomic E-state index is 0.0459. The summed E-state index contributed by atoms with van der Waals surface area (Å²) in [5.41, 5.74) is 10.4. The van der Waals surface area contributed by atoms with E-state index in [-0.39, 0.29) is 75.1 Å². The van der Waals surface area contributed by atoms with Gasteiger partial charge < -0.3 is 50.4 Å². The lowest BCUT2D eigenvalue weighted by Gasteiger charge is -2.30. The first-order chi connectivity index (χ1) is 46.5. The average molecular weight is 1960 g/mol. The molecule has 36 heteroatoms. The van der Waals surface area contributed by atoms with Crippen LogP contribution in [0.5, 0.6) is 0 Å². The Morgan fingerprint density at radius 3 is 1.18 bits per heavy atom. The minimum atomic E-state index is -0.985. The fourth-order valence-corrected chi connectivity index (χ4v) is 14.3. The lowest BCUT2D eigenvalue weighted by atomic mass is 9.91. The third-order valence-electron chi connectivity index (χ3n) is 14.7. The number of carboxylic acid groups (broad SMARTS) is 1. The van der Waals surface area contributed by atoms with Crippen molar-refractivity contribution in [3.05, 3.63) is 74.8 Å². The van der Waals surface area contributed by atoms with Crippen molar-refractivity contribution >= 4 is 172 Å². The number of hydrogen-bond donors (Lipinski definition) is 4. The second-order valence-electron chi connectivity index (χ2n) is 27.9. The number of isocyanates is 1. The van der Waals surface area contributed by atoms with Gasteiger partial charge in [0, 0.05) is 58.5 Å². The molecule has 5 N–H and O–H groups in total. The number of fused-ring (bicyclic) bond motifs is 5. The number of nitrogens with zero attached hydrogens (tertiary/aromatic N) is 14. The predicted molar refractivity (Wildman–Crippen MR) is 408 cm³/mol. The highest BCUT2D eigenvalue weighted by Crippen LogP contribution is 2.30. The van der Waals surface area contributed by atoms with Gasteiger partial charge in [-0.25, -0.2) is 29.0 Å². The molecule has 550 valence electrons. The van der Waals surface area contributed by atoms with E-state index in [1.165, 1.54) is 6.08 Å². The van der Waals surface area contributed by atoms with Crippen LogP contribution in [-0.4, -0.2) is 186 Å². The van der Waals surface area contributed by atoms with E-state index in [9.17, 15) is 53.1 Å². The van der Waals surface area contributed by atoms with E-state index >= 15 is 0 Å². The van der Waals surface area contributed by atoms with Crippen molar-refractivity contribution in [1.82, 2.24) is 74.2 Å². The summed E-state index contributed by atoms with van der Waals surface area (Å²) >= 11 is 9.99. The van der Waals surface area contributed by atoms with Crippen LogP contribution in [0.1, 0.15) is 208 Å². The fraction of sp³-hybridized carbons (Fsp3) is 0.609. The van der Waals surface area contributed by atoms with Crippen molar-refractivity contribution in [1.29, 1.82) is 0 Å². The minimum Gasteiger partial charge on any atom is -0.478 e. The molecule has 10 rings (SSSR count). The number of rotatable bonds is 11. The van der Waals surface area contributed by atoms with E-state index in [2.05, 4.69) is 63.7 Å². The molecule has 100 heavy (non-hydrogen) atoms. The van der Waals surface area contributed by atoms with E-state index in [0.29, 0.717) is 154 Å². The molecule has 0 spiro atoms. The van der Waals surface area contributed by atoms with Gasteiger partial charge in [-0.15, -0.1) is 0 Å². The Morgan fingerprint density at radius 1 is 0.490 bits per heavy atom. The number of primary amides is 1. The number of carbonyl (C=O) groups excluding carboxylic acids is 9. The molecular formula is C64H90I5N17O14. The number of esters is 3. The number of nitrogens with one attached hydrogen (secondary N) is 2. The Bertz CT molecular complexity index is 3770. The maximum atomic E-state index is 12.4. The molecule has 5 amide bonds. The van der Waals surface area contributed by atoms with Crippen molar-refractivity contribution in [2.75, 3.05) is 52.5 Å². The van der Waals surface area contributed by atoms with Gasteiger partial charge in [0.15, 0.2) is 0 Å². The Hall–Kier alpha value is -5.73. The molecule has 0 radical (unpaired) electrons. The summed E-state index contributed by atoms with van der Waals surface area (Å²) in [6.45, 7) is 38.4. The molecule has 0 aromatic carbocycles. The van der Waals surface area contributed by atoms with Crippen LogP contribution in [0.4, 0.5) is 0 Å². The molecule has 0 unspecified atom stereocenters. The number of carboxylic acids is 1. The smallest absolute Gasteiger partial charge is 0.343 e. The second kappa shape index (κ2) is 37.1. The van der Waals surface area contributed by atoms with Gasteiger partial charge in [0.1, 0.15) is 46.5 Å². The predicted octanol–water partition coefficient (Wildman–Crippen LogP) is 8.07. The number of carbonyl (C=O) groups is 9. The van der Waals surface area contributed by atoms with Crippen LogP contribution in [0, 0.1) is 34.7 Å². The van der Waals surface area contributed by atoms with Crippen LogP contribution in [0.15, 0.2) is 4.99 Å². The zero-order valence-electron chi connectivity index (χ0n) is 59.1. The van der Waals surface area contributed by atoms with Crippen LogP contribution in [0.3, 0.4) is 0 Å². The van der Waals surface area contributed by atoms with Crippen molar-refractivity contribution in [3.8, 4) is 0 Å². The number of halogens is 5. The van der Waals surface area contributed by atoms with Crippen LogP contribution < -0.4 is 16.4 Å². The van der Waals surface area contributed by atoms with Crippen molar-refractivity contribution < 1.29 is 67.3 Å². The van der Waals surface area contributed by atoms with E-state index in [1.807, 2.05) is 183 Å². The SMILES string of the molecule is CC(C)(C)CC(=O)N1CCn2nc(I)c(C(=O)O)c2C1.CC(C)(C)CC(=O)N1CCn2nc(I)c(C(N)=O)c2C1.CC(C)(C)N=C=O.CCOC(=O)c1c(I)nn2c1C(=O)NCC2.CCOC(=O)c1c(I)nn2c1CN(C(=O)CC(C)(C)C)CC2.CCOC(=O)c1c(I)nn2c1CNCC2. The van der Waals surface area contributed by atoms with Gasteiger partial charge in [-0.05, 0) is 171 Å². The quantitative estimate of drug-likeness (QED) is 0.0319. The lowest BCUT2D eigenvalue weighted by molar-refractivity contribution is -0.135. The summed E-state index contributed by atoms with van der Waals surface area (Å²) in [5.74, 6) is -2.59. The number of aromatic nitrogens is 10. The largest absolute Gasteiger partial charge is 0.478 e. The summed E-state index contributed by atoms with van der Waals surface area (Å²) in [6, 6.07) is 0. The van der Waals surface area contributed by atoms with E-state index in [0.717, 1.165) is 33.9 Å². The Morgan fingerprint density at radius 2 is 0.820 bits per heavy atom. The molecule has 0 saturated carbocycles. The van der Waals surface area contributed by atoms with Gasteiger partial charge in [-0.2, -0.15) is 25.5 Å². The van der Waals surface area contributed by atoms with Crippen LogP contribution in [0.25, 0.3) is 0 Å². The highest BCUT2D eigenvalue weighted by molar-refractivity contribution is 14.1. The van der Waals surface area contributed by atoms with Crippen molar-refractivity contribution in [2.24, 2.45) is 27.0 Å². The third-order valence-corrected chi connectivity index (χ3v) is 18.5. The fourth-order valence-electron chi connectivity index (χ4n) is 10.4. The summed E-state index contributed by atoms with van der Waals surface area (Å²) in [7, 11) is 0.